The first-order valence-electron chi connectivity index (χ1n) is 20.6. The smallest absolute Gasteiger partial charge is 0.252 e. The van der Waals surface area contributed by atoms with Gasteiger partial charge in [0.05, 0.1) is 16.7 Å². The fourth-order valence-corrected chi connectivity index (χ4v) is 9.88. The Bertz CT molecular complexity index is 3080. The minimum Gasteiger partial charge on any atom is -0.312 e. The molecule has 0 amide bonds. The Morgan fingerprint density at radius 3 is 1.73 bits per heavy atom. The molecular weight excluding hydrogens is 715 g/mol. The number of hydrogen-bond acceptors (Lipinski definition) is 3. The van der Waals surface area contributed by atoms with Crippen molar-refractivity contribution in [3.63, 3.8) is 0 Å². The number of nitrogens with zero attached hydrogens (tertiary/aromatic N) is 4. The molecule has 3 heterocycles. The molecule has 278 valence electrons. The van der Waals surface area contributed by atoms with Crippen LogP contribution in [0.5, 0.6) is 0 Å². The minimum atomic E-state index is -0.00484. The van der Waals surface area contributed by atoms with Gasteiger partial charge in [-0.3, -0.25) is 0 Å². The predicted molar refractivity (Wildman–Crippen MR) is 250 cm³/mol. The molecule has 2 aliphatic heterocycles. The summed E-state index contributed by atoms with van der Waals surface area (Å²) in [5, 5.41) is 2.52. The van der Waals surface area contributed by atoms with Gasteiger partial charge in [-0.05, 0) is 114 Å². The highest BCUT2D eigenvalue weighted by Crippen LogP contribution is 2.48. The molecule has 0 atom stereocenters. The highest BCUT2D eigenvalue weighted by Gasteiger charge is 2.44. The van der Waals surface area contributed by atoms with E-state index in [4.69, 9.17) is 0 Å². The zero-order valence-corrected chi connectivity index (χ0v) is 32.5. The molecule has 3 aliphatic rings. The van der Waals surface area contributed by atoms with E-state index < -0.39 is 0 Å². The van der Waals surface area contributed by atoms with E-state index in [-0.39, 0.29) is 6.71 Å². The highest BCUT2D eigenvalue weighted by atomic mass is 15.2. The molecule has 0 saturated carbocycles. The van der Waals surface area contributed by atoms with Gasteiger partial charge < -0.3 is 19.3 Å². The molecule has 8 aromatic carbocycles. The first kappa shape index (κ1) is 33.6. The lowest BCUT2D eigenvalue weighted by Crippen LogP contribution is -2.61. The van der Waals surface area contributed by atoms with Gasteiger partial charge >= 0.3 is 0 Å². The van der Waals surface area contributed by atoms with E-state index in [1.54, 1.807) is 0 Å². The van der Waals surface area contributed by atoms with E-state index in [1.807, 2.05) is 0 Å². The number of anilines is 8. The Kier molecular flexibility index (Phi) is 7.73. The van der Waals surface area contributed by atoms with Crippen LogP contribution in [0.15, 0.2) is 218 Å². The summed E-state index contributed by atoms with van der Waals surface area (Å²) in [7, 11) is 0. The molecule has 5 heteroatoms. The molecule has 0 unspecified atom stereocenters. The van der Waals surface area contributed by atoms with Crippen LogP contribution in [0.2, 0.25) is 0 Å². The SMILES string of the molecule is C1=CC(N2c3ccccc3B3c4cc5c6ccccc6n(-c6ccccc6)c5cc4N(c4ccccc4)c4cc(N(c5ccccc5)c5ccccc5)cc2c43)=CCC1. The molecule has 59 heavy (non-hydrogen) atoms. The van der Waals surface area contributed by atoms with E-state index in [1.165, 1.54) is 66.6 Å². The summed E-state index contributed by atoms with van der Waals surface area (Å²) in [6.07, 6.45) is 9.12. The van der Waals surface area contributed by atoms with Gasteiger partial charge in [0.25, 0.3) is 6.71 Å². The van der Waals surface area contributed by atoms with E-state index in [2.05, 4.69) is 232 Å². The summed E-state index contributed by atoms with van der Waals surface area (Å²) in [6, 6.07) is 71.2. The van der Waals surface area contributed by atoms with Gasteiger partial charge in [0.2, 0.25) is 0 Å². The summed E-state index contributed by atoms with van der Waals surface area (Å²) in [5.41, 5.74) is 17.9. The maximum Gasteiger partial charge on any atom is 0.252 e. The van der Waals surface area contributed by atoms with Gasteiger partial charge in [0.1, 0.15) is 0 Å². The molecule has 9 aromatic rings. The Hall–Kier alpha value is -7.50. The molecule has 0 N–H and O–H groups in total. The maximum atomic E-state index is 2.53. The van der Waals surface area contributed by atoms with Crippen molar-refractivity contribution in [2.45, 2.75) is 12.8 Å². The Labute approximate surface area is 344 Å². The largest absolute Gasteiger partial charge is 0.312 e. The van der Waals surface area contributed by atoms with Crippen molar-refractivity contribution >= 4 is 90.4 Å². The molecule has 1 aromatic heterocycles. The molecule has 0 fully saturated rings. The van der Waals surface area contributed by atoms with E-state index in [9.17, 15) is 0 Å². The lowest BCUT2D eigenvalue weighted by molar-refractivity contribution is 0.998. The third kappa shape index (κ3) is 5.25. The molecule has 0 saturated heterocycles. The number of fused-ring (bicyclic) bond motifs is 7. The highest BCUT2D eigenvalue weighted by molar-refractivity contribution is 7.00. The second-order valence-electron chi connectivity index (χ2n) is 15.6. The molecule has 0 spiro atoms. The third-order valence-electron chi connectivity index (χ3n) is 12.3. The number of rotatable bonds is 6. The summed E-state index contributed by atoms with van der Waals surface area (Å²) in [5.74, 6) is 0. The maximum absolute atomic E-state index is 2.53. The summed E-state index contributed by atoms with van der Waals surface area (Å²) < 4.78 is 2.44. The van der Waals surface area contributed by atoms with Crippen molar-refractivity contribution in [3.05, 3.63) is 218 Å². The number of para-hydroxylation sites is 6. The topological polar surface area (TPSA) is 14.7 Å². The normalized spacial score (nSPS) is 13.9. The van der Waals surface area contributed by atoms with Crippen molar-refractivity contribution in [3.8, 4) is 5.69 Å². The van der Waals surface area contributed by atoms with Crippen molar-refractivity contribution < 1.29 is 0 Å². The summed E-state index contributed by atoms with van der Waals surface area (Å²) >= 11 is 0. The average molecular weight is 755 g/mol. The van der Waals surface area contributed by atoms with E-state index in [0.717, 1.165) is 41.3 Å². The zero-order chi connectivity index (χ0) is 38.9. The van der Waals surface area contributed by atoms with Gasteiger partial charge in [-0.1, -0.05) is 127 Å². The lowest BCUT2D eigenvalue weighted by atomic mass is 9.33. The van der Waals surface area contributed by atoms with Gasteiger partial charge in [-0.15, -0.1) is 0 Å². The molecule has 12 rings (SSSR count). The number of benzene rings is 8. The van der Waals surface area contributed by atoms with Crippen LogP contribution < -0.4 is 31.1 Å². The van der Waals surface area contributed by atoms with Crippen LogP contribution in [0.4, 0.5) is 45.5 Å². The second kappa shape index (κ2) is 13.6. The predicted octanol–water partition coefficient (Wildman–Crippen LogP) is 12.2. The van der Waals surface area contributed by atoms with Gasteiger partial charge in [-0.2, -0.15) is 0 Å². The van der Waals surface area contributed by atoms with E-state index in [0.29, 0.717) is 0 Å². The molecule has 0 radical (unpaired) electrons. The van der Waals surface area contributed by atoms with Crippen molar-refractivity contribution in [2.75, 3.05) is 14.7 Å². The van der Waals surface area contributed by atoms with Gasteiger partial charge in [0.15, 0.2) is 0 Å². The van der Waals surface area contributed by atoms with Crippen molar-refractivity contribution in [1.82, 2.24) is 4.57 Å². The monoisotopic (exact) mass is 754 g/mol. The number of aromatic nitrogens is 1. The molecule has 1 aliphatic carbocycles. The lowest BCUT2D eigenvalue weighted by Gasteiger charge is -2.45. The number of allylic oxidation sites excluding steroid dienone is 3. The first-order chi connectivity index (χ1) is 29.3. The van der Waals surface area contributed by atoms with Crippen LogP contribution in [0.3, 0.4) is 0 Å². The van der Waals surface area contributed by atoms with Gasteiger partial charge in [-0.25, -0.2) is 0 Å². The minimum absolute atomic E-state index is 0.00484. The van der Waals surface area contributed by atoms with E-state index >= 15 is 0 Å². The number of hydrogen-bond donors (Lipinski definition) is 0. The van der Waals surface area contributed by atoms with Crippen LogP contribution >= 0.6 is 0 Å². The summed E-state index contributed by atoms with van der Waals surface area (Å²) in [6.45, 7) is -0.00484. The molecule has 0 bridgehead atoms. The molecule has 4 nitrogen and oxygen atoms in total. The van der Waals surface area contributed by atoms with Crippen LogP contribution in [0.1, 0.15) is 12.8 Å². The molecular formula is C54H39BN4. The summed E-state index contributed by atoms with van der Waals surface area (Å²) in [4.78, 5) is 7.47. The Balaban J connectivity index is 1.23. The first-order valence-corrected chi connectivity index (χ1v) is 20.6. The standard InChI is InChI=1S/C54H39BN4/c1-6-20-38(21-7-1)56(39-22-8-2-9-23-39)43-34-52-54-53(35-43)59(42-28-14-5-15-29-42)51-37-50-45(44-30-16-18-32-48(44)57(50)40-24-10-3-11-25-40)36-47(51)55(54)46-31-17-19-33-49(46)58(52)41-26-12-4-13-27-41/h1-3,5-12,14-37H,4,13H2. The van der Waals surface area contributed by atoms with Crippen LogP contribution in [0, 0.1) is 0 Å². The fourth-order valence-electron chi connectivity index (χ4n) is 9.88. The van der Waals surface area contributed by atoms with Crippen molar-refractivity contribution in [1.29, 1.82) is 0 Å². The van der Waals surface area contributed by atoms with Crippen LogP contribution in [0.25, 0.3) is 27.5 Å². The van der Waals surface area contributed by atoms with Crippen LogP contribution in [-0.2, 0) is 0 Å². The average Bonchev–Trinajstić information content (AvgIpc) is 3.63. The van der Waals surface area contributed by atoms with Crippen LogP contribution in [-0.4, -0.2) is 11.3 Å². The third-order valence-corrected chi connectivity index (χ3v) is 12.3. The Morgan fingerprint density at radius 1 is 0.424 bits per heavy atom. The zero-order valence-electron chi connectivity index (χ0n) is 32.5. The second-order valence-corrected chi connectivity index (χ2v) is 15.6. The van der Waals surface area contributed by atoms with Gasteiger partial charge in [0, 0.05) is 62.0 Å². The Morgan fingerprint density at radius 2 is 1.03 bits per heavy atom. The quantitative estimate of drug-likeness (QED) is 0.157. The van der Waals surface area contributed by atoms with Crippen molar-refractivity contribution in [2.24, 2.45) is 0 Å². The fraction of sp³-hybridized carbons (Fsp3) is 0.0370.